The Hall–Kier alpha value is 0.200. The molecule has 108 valence electrons. The molecule has 0 aromatic carbocycles. The summed E-state index contributed by atoms with van der Waals surface area (Å²) in [5.41, 5.74) is 0.384. The molecule has 1 aliphatic heterocycles. The minimum Gasteiger partial charge on any atom is -0.303 e. The molecule has 1 rings (SSSR count). The predicted molar refractivity (Wildman–Crippen MR) is 77.5 cm³/mol. The van der Waals surface area contributed by atoms with E-state index < -0.39 is 9.05 Å². The first-order valence-corrected chi connectivity index (χ1v) is 9.31. The van der Waals surface area contributed by atoms with Gasteiger partial charge in [-0.3, -0.25) is 0 Å². The highest BCUT2D eigenvalue weighted by atomic mass is 35.7. The Morgan fingerprint density at radius 3 is 2.44 bits per heavy atom. The summed E-state index contributed by atoms with van der Waals surface area (Å²) in [5.74, 6) is 0.868. The highest BCUT2D eigenvalue weighted by Crippen LogP contribution is 2.34. The molecule has 0 aromatic heterocycles. The Bertz CT molecular complexity index is 348. The van der Waals surface area contributed by atoms with Crippen molar-refractivity contribution in [3.63, 3.8) is 0 Å². The first kappa shape index (κ1) is 16.3. The molecule has 5 heteroatoms. The Morgan fingerprint density at radius 1 is 1.22 bits per heavy atom. The van der Waals surface area contributed by atoms with Gasteiger partial charge in [0.25, 0.3) is 0 Å². The van der Waals surface area contributed by atoms with Crippen molar-refractivity contribution >= 4 is 19.7 Å². The molecule has 1 heterocycles. The lowest BCUT2D eigenvalue weighted by Crippen LogP contribution is -2.28. The third-order valence-electron chi connectivity index (χ3n) is 3.91. The van der Waals surface area contributed by atoms with Gasteiger partial charge in [0, 0.05) is 10.7 Å². The summed E-state index contributed by atoms with van der Waals surface area (Å²) in [6, 6.07) is 0. The van der Waals surface area contributed by atoms with Crippen molar-refractivity contribution in [2.45, 2.75) is 46.5 Å². The van der Waals surface area contributed by atoms with Crippen molar-refractivity contribution in [1.82, 2.24) is 4.90 Å². The van der Waals surface area contributed by atoms with Crippen molar-refractivity contribution in [2.75, 3.05) is 25.4 Å². The van der Waals surface area contributed by atoms with E-state index in [1.54, 1.807) is 0 Å². The van der Waals surface area contributed by atoms with Crippen LogP contribution in [0.3, 0.4) is 0 Å². The van der Waals surface area contributed by atoms with Crippen LogP contribution in [-0.4, -0.2) is 38.7 Å². The fraction of sp³-hybridized carbons (Fsp3) is 1.00. The van der Waals surface area contributed by atoms with Gasteiger partial charge in [-0.1, -0.05) is 20.8 Å². The monoisotopic (exact) mass is 295 g/mol. The van der Waals surface area contributed by atoms with E-state index in [1.165, 1.54) is 19.3 Å². The number of hydrogen-bond acceptors (Lipinski definition) is 3. The highest BCUT2D eigenvalue weighted by molar-refractivity contribution is 8.13. The predicted octanol–water partition coefficient (Wildman–Crippen LogP) is 3.09. The second kappa shape index (κ2) is 6.58. The molecule has 1 saturated heterocycles. The van der Waals surface area contributed by atoms with E-state index in [-0.39, 0.29) is 5.75 Å². The molecule has 1 fully saturated rings. The second-order valence-corrected chi connectivity index (χ2v) is 9.33. The van der Waals surface area contributed by atoms with Crippen molar-refractivity contribution in [3.8, 4) is 0 Å². The van der Waals surface area contributed by atoms with Crippen LogP contribution in [0.25, 0.3) is 0 Å². The number of likely N-dealkylation sites (tertiary alicyclic amines) is 1. The van der Waals surface area contributed by atoms with Crippen LogP contribution in [0, 0.1) is 11.3 Å². The fourth-order valence-electron chi connectivity index (χ4n) is 2.71. The van der Waals surface area contributed by atoms with Gasteiger partial charge in [-0.15, -0.1) is 0 Å². The number of hydrogen-bond donors (Lipinski definition) is 0. The number of rotatable bonds is 4. The lowest BCUT2D eigenvalue weighted by molar-refractivity contribution is 0.208. The Morgan fingerprint density at radius 2 is 1.89 bits per heavy atom. The third-order valence-corrected chi connectivity index (χ3v) is 5.15. The van der Waals surface area contributed by atoms with Crippen molar-refractivity contribution in [2.24, 2.45) is 11.3 Å². The summed E-state index contributed by atoms with van der Waals surface area (Å²) in [6.45, 7) is 9.97. The van der Waals surface area contributed by atoms with Crippen LogP contribution in [0.1, 0.15) is 46.5 Å². The normalized spacial score (nSPS) is 23.9. The van der Waals surface area contributed by atoms with Crippen molar-refractivity contribution in [1.29, 1.82) is 0 Å². The SMILES string of the molecule is CC(C)(C)C1CCCN(CCCS(=O)(=O)Cl)CC1. The molecule has 0 N–H and O–H groups in total. The molecule has 0 aromatic rings. The molecule has 0 spiro atoms. The first-order chi connectivity index (χ1) is 8.18. The largest absolute Gasteiger partial charge is 0.303 e. The summed E-state index contributed by atoms with van der Waals surface area (Å²) < 4.78 is 21.7. The molecule has 0 saturated carbocycles. The summed E-state index contributed by atoms with van der Waals surface area (Å²) in [7, 11) is 1.90. The van der Waals surface area contributed by atoms with Crippen LogP contribution < -0.4 is 0 Å². The van der Waals surface area contributed by atoms with Crippen LogP contribution in [0.5, 0.6) is 0 Å². The van der Waals surface area contributed by atoms with E-state index >= 15 is 0 Å². The lowest BCUT2D eigenvalue weighted by Gasteiger charge is -2.29. The molecule has 1 aliphatic rings. The fourth-order valence-corrected chi connectivity index (χ4v) is 3.51. The summed E-state index contributed by atoms with van der Waals surface area (Å²) in [4.78, 5) is 2.38. The van der Waals surface area contributed by atoms with Gasteiger partial charge in [-0.2, -0.15) is 0 Å². The van der Waals surface area contributed by atoms with E-state index in [1.807, 2.05) is 0 Å². The molecular formula is C13H26ClNO2S. The molecule has 1 unspecified atom stereocenters. The minimum atomic E-state index is -3.32. The minimum absolute atomic E-state index is 0.0910. The lowest BCUT2D eigenvalue weighted by atomic mass is 9.77. The number of nitrogens with zero attached hydrogens (tertiary/aromatic N) is 1. The first-order valence-electron chi connectivity index (χ1n) is 6.83. The molecule has 0 amide bonds. The van der Waals surface area contributed by atoms with Crippen LogP contribution in [0.2, 0.25) is 0 Å². The molecule has 0 bridgehead atoms. The summed E-state index contributed by atoms with van der Waals surface area (Å²) in [6.07, 6.45) is 4.37. The maximum atomic E-state index is 10.9. The zero-order valence-corrected chi connectivity index (χ0v) is 13.4. The van der Waals surface area contributed by atoms with Gasteiger partial charge in [0.15, 0.2) is 0 Å². The molecule has 18 heavy (non-hydrogen) atoms. The second-order valence-electron chi connectivity index (χ2n) is 6.43. The van der Waals surface area contributed by atoms with E-state index in [2.05, 4.69) is 25.7 Å². The van der Waals surface area contributed by atoms with Gasteiger partial charge in [0.05, 0.1) is 5.75 Å². The third kappa shape index (κ3) is 6.39. The molecule has 0 radical (unpaired) electrons. The average Bonchev–Trinajstić information content (AvgIpc) is 2.40. The molecule has 0 aliphatic carbocycles. The highest BCUT2D eigenvalue weighted by Gasteiger charge is 2.26. The Kier molecular flexibility index (Phi) is 5.94. The number of halogens is 1. The summed E-state index contributed by atoms with van der Waals surface area (Å²) >= 11 is 0. The van der Waals surface area contributed by atoms with Crippen molar-refractivity contribution in [3.05, 3.63) is 0 Å². The smallest absolute Gasteiger partial charge is 0.232 e. The van der Waals surface area contributed by atoms with Crippen LogP contribution in [0.15, 0.2) is 0 Å². The van der Waals surface area contributed by atoms with Gasteiger partial charge in [0.2, 0.25) is 9.05 Å². The van der Waals surface area contributed by atoms with Gasteiger partial charge in [-0.25, -0.2) is 8.42 Å². The van der Waals surface area contributed by atoms with Gasteiger partial charge < -0.3 is 4.90 Å². The quantitative estimate of drug-likeness (QED) is 0.748. The van der Waals surface area contributed by atoms with Gasteiger partial charge in [0.1, 0.15) is 0 Å². The zero-order valence-electron chi connectivity index (χ0n) is 11.8. The van der Waals surface area contributed by atoms with Crippen LogP contribution in [-0.2, 0) is 9.05 Å². The maximum Gasteiger partial charge on any atom is 0.232 e. The van der Waals surface area contributed by atoms with Gasteiger partial charge in [-0.05, 0) is 56.7 Å². The molecular weight excluding hydrogens is 270 g/mol. The van der Waals surface area contributed by atoms with Crippen molar-refractivity contribution < 1.29 is 8.42 Å². The van der Waals surface area contributed by atoms with Gasteiger partial charge >= 0.3 is 0 Å². The topological polar surface area (TPSA) is 37.4 Å². The van der Waals surface area contributed by atoms with E-state index in [0.29, 0.717) is 11.8 Å². The van der Waals surface area contributed by atoms with E-state index in [4.69, 9.17) is 10.7 Å². The van der Waals surface area contributed by atoms with Crippen LogP contribution in [0.4, 0.5) is 0 Å². The average molecular weight is 296 g/mol. The van der Waals surface area contributed by atoms with Crippen LogP contribution >= 0.6 is 10.7 Å². The molecule has 3 nitrogen and oxygen atoms in total. The van der Waals surface area contributed by atoms with E-state index in [9.17, 15) is 8.42 Å². The zero-order chi connectivity index (χ0) is 13.8. The molecule has 1 atom stereocenters. The maximum absolute atomic E-state index is 10.9. The standard InChI is InChI=1S/C13H26ClNO2S/c1-13(2,3)12-6-4-8-15(10-7-12)9-5-11-18(14,16)17/h12H,4-11H2,1-3H3. The Balaban J connectivity index is 2.34. The summed E-state index contributed by atoms with van der Waals surface area (Å²) in [5, 5.41) is 0. The van der Waals surface area contributed by atoms with E-state index in [0.717, 1.165) is 25.6 Å². The Labute approximate surface area is 116 Å².